The second kappa shape index (κ2) is 4.14. The van der Waals surface area contributed by atoms with Gasteiger partial charge >= 0.3 is 0 Å². The summed E-state index contributed by atoms with van der Waals surface area (Å²) in [4.78, 5) is 2.91. The SMILES string of the molecule is OCCN[SiH3]. The third-order valence-electron chi connectivity index (χ3n) is 0.362. The maximum atomic E-state index is 8.03. The van der Waals surface area contributed by atoms with E-state index >= 15 is 0 Å². The van der Waals surface area contributed by atoms with Gasteiger partial charge in [-0.2, -0.15) is 0 Å². The van der Waals surface area contributed by atoms with Gasteiger partial charge in [-0.05, 0) is 0 Å². The molecule has 0 aliphatic carbocycles. The highest BCUT2D eigenvalue weighted by molar-refractivity contribution is 6.04. The molecule has 0 atom stereocenters. The predicted octanol–water partition coefficient (Wildman–Crippen LogP) is -2.15. The second-order valence-corrected chi connectivity index (χ2v) is 1.53. The van der Waals surface area contributed by atoms with E-state index in [4.69, 9.17) is 5.11 Å². The monoisotopic (exact) mass is 91.0 g/mol. The Morgan fingerprint density at radius 3 is 2.40 bits per heavy atom. The van der Waals surface area contributed by atoms with E-state index in [-0.39, 0.29) is 6.61 Å². The number of rotatable bonds is 2. The number of aliphatic hydroxyl groups excluding tert-OH is 1. The van der Waals surface area contributed by atoms with Gasteiger partial charge in [0.2, 0.25) is 0 Å². The van der Waals surface area contributed by atoms with Crippen molar-refractivity contribution in [1.29, 1.82) is 0 Å². The molecular formula is C2H9NOSi. The fourth-order valence-corrected chi connectivity index (χ4v) is 0.335. The first kappa shape index (κ1) is 5.14. The van der Waals surface area contributed by atoms with Crippen molar-refractivity contribution in [2.75, 3.05) is 13.2 Å². The molecular weight excluding hydrogens is 82.1 g/mol. The van der Waals surface area contributed by atoms with Crippen molar-refractivity contribution in [2.24, 2.45) is 0 Å². The van der Waals surface area contributed by atoms with Crippen molar-refractivity contribution < 1.29 is 5.11 Å². The highest BCUT2D eigenvalue weighted by atomic mass is 28.2. The molecule has 32 valence electrons. The van der Waals surface area contributed by atoms with Crippen molar-refractivity contribution in [3.05, 3.63) is 0 Å². The van der Waals surface area contributed by atoms with Gasteiger partial charge in [0.1, 0.15) is 0 Å². The van der Waals surface area contributed by atoms with Gasteiger partial charge in [-0.3, -0.25) is 0 Å². The lowest BCUT2D eigenvalue weighted by Crippen LogP contribution is -2.12. The quantitative estimate of drug-likeness (QED) is 0.380. The van der Waals surface area contributed by atoms with Gasteiger partial charge in [-0.15, -0.1) is 0 Å². The molecule has 0 saturated carbocycles. The van der Waals surface area contributed by atoms with E-state index in [2.05, 4.69) is 4.98 Å². The largest absolute Gasteiger partial charge is 0.395 e. The van der Waals surface area contributed by atoms with Gasteiger partial charge in [-0.1, -0.05) is 0 Å². The summed E-state index contributed by atoms with van der Waals surface area (Å²) in [7, 11) is 0.989. The van der Waals surface area contributed by atoms with Crippen LogP contribution in [0.3, 0.4) is 0 Å². The standard InChI is InChI=1S/C2H9NOSi/c4-2-1-3-5/h3-4H,1-2H2,5H3. The van der Waals surface area contributed by atoms with E-state index in [9.17, 15) is 0 Å². The maximum Gasteiger partial charge on any atom is 0.0750 e. The minimum absolute atomic E-state index is 0.267. The summed E-state index contributed by atoms with van der Waals surface area (Å²) in [5.74, 6) is 0. The van der Waals surface area contributed by atoms with E-state index in [1.165, 1.54) is 0 Å². The highest BCUT2D eigenvalue weighted by Gasteiger charge is 1.65. The molecule has 0 spiro atoms. The predicted molar refractivity (Wildman–Crippen MR) is 25.0 cm³/mol. The first-order chi connectivity index (χ1) is 2.41. The summed E-state index contributed by atoms with van der Waals surface area (Å²) in [6.45, 7) is 1.02. The molecule has 0 aromatic rings. The average Bonchev–Trinajstić information content (AvgIpc) is 1.41. The van der Waals surface area contributed by atoms with Crippen LogP contribution >= 0.6 is 0 Å². The molecule has 2 nitrogen and oxygen atoms in total. The second-order valence-electron chi connectivity index (χ2n) is 0.827. The molecule has 0 unspecified atom stereocenters. The van der Waals surface area contributed by atoms with Gasteiger partial charge in [-0.25, -0.2) is 0 Å². The fraction of sp³-hybridized carbons (Fsp3) is 1.00. The van der Waals surface area contributed by atoms with Gasteiger partial charge < -0.3 is 10.1 Å². The van der Waals surface area contributed by atoms with Gasteiger partial charge in [0.25, 0.3) is 0 Å². The molecule has 0 bridgehead atoms. The number of nitrogens with one attached hydrogen (secondary N) is 1. The lowest BCUT2D eigenvalue weighted by atomic mass is 10.8. The van der Waals surface area contributed by atoms with E-state index in [0.29, 0.717) is 0 Å². The summed E-state index contributed by atoms with van der Waals surface area (Å²) in [5, 5.41) is 8.03. The molecule has 3 heteroatoms. The number of aliphatic hydroxyl groups is 1. The molecule has 0 radical (unpaired) electrons. The lowest BCUT2D eigenvalue weighted by molar-refractivity contribution is 0.302. The Kier molecular flexibility index (Phi) is 4.25. The van der Waals surface area contributed by atoms with Crippen LogP contribution in [-0.2, 0) is 0 Å². The zero-order valence-corrected chi connectivity index (χ0v) is 5.36. The van der Waals surface area contributed by atoms with Crippen LogP contribution in [0.5, 0.6) is 0 Å². The first-order valence-corrected chi connectivity index (χ1v) is 2.67. The molecule has 0 aromatic heterocycles. The molecule has 0 rings (SSSR count). The molecule has 0 amide bonds. The molecule has 0 heterocycles. The maximum absolute atomic E-state index is 8.03. The Morgan fingerprint density at radius 2 is 2.40 bits per heavy atom. The third-order valence-corrected chi connectivity index (χ3v) is 0.862. The Labute approximate surface area is 34.7 Å². The lowest BCUT2D eigenvalue weighted by Gasteiger charge is -1.84. The Bertz CT molecular complexity index is 17.1. The molecule has 0 aromatic carbocycles. The third kappa shape index (κ3) is 4.14. The first-order valence-electron chi connectivity index (χ1n) is 1.67. The number of hydrogen-bond donors (Lipinski definition) is 2. The van der Waals surface area contributed by atoms with Crippen LogP contribution in [0.2, 0.25) is 0 Å². The van der Waals surface area contributed by atoms with E-state index < -0.39 is 0 Å². The van der Waals surface area contributed by atoms with Crippen LogP contribution in [0.25, 0.3) is 0 Å². The molecule has 2 N–H and O–H groups in total. The van der Waals surface area contributed by atoms with Crippen LogP contribution < -0.4 is 4.98 Å². The van der Waals surface area contributed by atoms with Gasteiger partial charge in [0.05, 0.1) is 17.0 Å². The van der Waals surface area contributed by atoms with Crippen LogP contribution in [0.4, 0.5) is 0 Å². The smallest absolute Gasteiger partial charge is 0.0750 e. The van der Waals surface area contributed by atoms with Crippen molar-refractivity contribution in [3.63, 3.8) is 0 Å². The van der Waals surface area contributed by atoms with Crippen molar-refractivity contribution in [1.82, 2.24) is 4.98 Å². The van der Waals surface area contributed by atoms with Crippen LogP contribution in [0.1, 0.15) is 0 Å². The van der Waals surface area contributed by atoms with E-state index in [1.54, 1.807) is 0 Å². The van der Waals surface area contributed by atoms with Gasteiger partial charge in [0.15, 0.2) is 0 Å². The summed E-state index contributed by atoms with van der Waals surface area (Å²) in [5.41, 5.74) is 0. The Balaban J connectivity index is 2.19. The minimum Gasteiger partial charge on any atom is -0.395 e. The minimum atomic E-state index is 0.267. The van der Waals surface area contributed by atoms with Crippen molar-refractivity contribution in [3.8, 4) is 0 Å². The summed E-state index contributed by atoms with van der Waals surface area (Å²) in [6.07, 6.45) is 0. The van der Waals surface area contributed by atoms with Crippen molar-refractivity contribution in [2.45, 2.75) is 0 Å². The average molecular weight is 91.2 g/mol. The fourth-order valence-electron chi connectivity index (χ4n) is 0.112. The Hall–Kier alpha value is 0.137. The normalized spacial score (nSPS) is 9.00. The van der Waals surface area contributed by atoms with Crippen molar-refractivity contribution >= 4 is 10.4 Å². The summed E-state index contributed by atoms with van der Waals surface area (Å²) >= 11 is 0. The van der Waals surface area contributed by atoms with E-state index in [0.717, 1.165) is 16.9 Å². The number of hydrogen-bond acceptors (Lipinski definition) is 2. The van der Waals surface area contributed by atoms with Crippen LogP contribution in [0, 0.1) is 0 Å². The molecule has 5 heavy (non-hydrogen) atoms. The molecule has 0 aliphatic rings. The summed E-state index contributed by atoms with van der Waals surface area (Å²) < 4.78 is 0. The molecule has 0 aliphatic heterocycles. The van der Waals surface area contributed by atoms with E-state index in [1.807, 2.05) is 0 Å². The van der Waals surface area contributed by atoms with Crippen LogP contribution in [-0.4, -0.2) is 28.7 Å². The summed E-state index contributed by atoms with van der Waals surface area (Å²) in [6, 6.07) is 0. The highest BCUT2D eigenvalue weighted by Crippen LogP contribution is 1.41. The molecule has 0 saturated heterocycles. The topological polar surface area (TPSA) is 32.3 Å². The molecule has 0 fully saturated rings. The van der Waals surface area contributed by atoms with Gasteiger partial charge in [0, 0.05) is 6.54 Å². The Morgan fingerprint density at radius 1 is 1.80 bits per heavy atom. The zero-order chi connectivity index (χ0) is 4.12. The zero-order valence-electron chi connectivity index (χ0n) is 3.36. The van der Waals surface area contributed by atoms with Crippen LogP contribution in [0.15, 0.2) is 0 Å².